The van der Waals surface area contributed by atoms with Crippen molar-refractivity contribution < 1.29 is 127 Å². The van der Waals surface area contributed by atoms with E-state index in [1.54, 1.807) is 20.8 Å². The predicted octanol–water partition coefficient (Wildman–Crippen LogP) is -5.35. The quantitative estimate of drug-likeness (QED) is 0.0321. The van der Waals surface area contributed by atoms with E-state index >= 15 is 0 Å². The number of nitrogens with zero attached hydrogens (tertiary/aromatic N) is 3. The smallest absolute Gasteiger partial charge is 0.345 e. The summed E-state index contributed by atoms with van der Waals surface area (Å²) in [6, 6.07) is 0. The van der Waals surface area contributed by atoms with Crippen molar-refractivity contribution in [3.05, 3.63) is 0 Å². The molecule has 0 heterocycles. The predicted molar refractivity (Wildman–Crippen MR) is 228 cm³/mol. The lowest BCUT2D eigenvalue weighted by atomic mass is 9.96. The SMILES string of the molecule is CCC(OC(C)=O)C(=O)O.CCC(OC(C)=O)C(=O)O.CCC(OC(C)=O)C(=O)O.CO.C[N+](C)(C)CCO.C[N+](C)(C)CCO.C[N+](C)(C)CCO.O=C([O-])CC(O)(CC(=O)[O-])C(=O)[O-]. The maximum atomic E-state index is 10.2. The van der Waals surface area contributed by atoms with Gasteiger partial charge in [0.15, 0.2) is 18.3 Å². The standard InChI is InChI=1S/C6H8O7.3C6H10O4.3C5H14NO.CH4O/c7-3(8)1-6(13,5(11)12)2-4(9)10;3*1-3-5(6(8)9)10-4(2)7;3*1-6(2,3)4-5-7;1-2/h13H,1-2H2,(H,7,8)(H,9,10)(H,11,12);3*5H,3H2,1-2H3,(H,8,9);3*7H,4-5H2,1-3H3;2H,1H3/q;;;;3*+1;/p-3. The molecule has 0 aromatic heterocycles. The number of likely N-dealkylation sites (N-methyl/N-ethyl adjacent to an activating group) is 3. The molecular formula is C40H81N3O23. The third-order valence-electron chi connectivity index (χ3n) is 6.43. The van der Waals surface area contributed by atoms with Crippen LogP contribution in [-0.4, -0.2) is 242 Å². The van der Waals surface area contributed by atoms with Gasteiger partial charge in [0, 0.05) is 52.7 Å². The summed E-state index contributed by atoms with van der Waals surface area (Å²) in [5, 5.41) is 96.1. The Bertz CT molecular complexity index is 1220. The molecule has 0 rings (SSSR count). The first kappa shape index (κ1) is 78.1. The van der Waals surface area contributed by atoms with Crippen molar-refractivity contribution in [1.82, 2.24) is 0 Å². The van der Waals surface area contributed by atoms with E-state index in [0.717, 1.165) is 40.2 Å². The summed E-state index contributed by atoms with van der Waals surface area (Å²) in [4.78, 5) is 91.3. The monoisotopic (exact) mass is 972 g/mol. The number of hydrogen-bond acceptors (Lipinski definition) is 20. The maximum absolute atomic E-state index is 10.2. The van der Waals surface area contributed by atoms with E-state index in [2.05, 4.69) is 77.6 Å². The number of hydrogen-bond donors (Lipinski definition) is 8. The van der Waals surface area contributed by atoms with E-state index < -0.39 is 90.5 Å². The third kappa shape index (κ3) is 70.6. The number of aliphatic hydroxyl groups excluding tert-OH is 4. The lowest BCUT2D eigenvalue weighted by Gasteiger charge is -2.29. The lowest BCUT2D eigenvalue weighted by molar-refractivity contribution is -0.870. The van der Waals surface area contributed by atoms with Gasteiger partial charge in [0.25, 0.3) is 0 Å². The lowest BCUT2D eigenvalue weighted by Crippen LogP contribution is -2.54. The number of carbonyl (C=O) groups is 9. The first-order chi connectivity index (χ1) is 29.7. The molecule has 26 nitrogen and oxygen atoms in total. The molecule has 3 atom stereocenters. The summed E-state index contributed by atoms with van der Waals surface area (Å²) < 4.78 is 15.8. The first-order valence-electron chi connectivity index (χ1n) is 19.9. The summed E-state index contributed by atoms with van der Waals surface area (Å²) in [5.41, 5.74) is -2.97. The van der Waals surface area contributed by atoms with Crippen LogP contribution in [-0.2, 0) is 57.4 Å². The van der Waals surface area contributed by atoms with Crippen LogP contribution in [0.4, 0.5) is 0 Å². The van der Waals surface area contributed by atoms with Gasteiger partial charge in [-0.25, -0.2) is 14.4 Å². The minimum atomic E-state index is -2.97. The van der Waals surface area contributed by atoms with Gasteiger partial charge in [-0.05, 0) is 19.3 Å². The number of carboxylic acids is 6. The van der Waals surface area contributed by atoms with Crippen molar-refractivity contribution in [2.24, 2.45) is 0 Å². The highest BCUT2D eigenvalue weighted by atomic mass is 16.6. The molecule has 0 spiro atoms. The van der Waals surface area contributed by atoms with Crippen molar-refractivity contribution in [3.8, 4) is 0 Å². The Morgan fingerprint density at radius 3 is 0.697 bits per heavy atom. The zero-order chi connectivity index (χ0) is 54.8. The summed E-state index contributed by atoms with van der Waals surface area (Å²) in [5.74, 6) is -11.0. The Morgan fingerprint density at radius 1 is 0.470 bits per heavy atom. The molecule has 0 radical (unpaired) electrons. The zero-order valence-electron chi connectivity index (χ0n) is 41.6. The normalized spacial score (nSPS) is 11.6. The van der Waals surface area contributed by atoms with Crippen LogP contribution in [0.15, 0.2) is 0 Å². The van der Waals surface area contributed by atoms with E-state index in [4.69, 9.17) is 40.9 Å². The zero-order valence-corrected chi connectivity index (χ0v) is 41.6. The number of quaternary nitrogens is 3. The van der Waals surface area contributed by atoms with Gasteiger partial charge < -0.3 is 98.2 Å². The molecule has 0 aromatic carbocycles. The van der Waals surface area contributed by atoms with Crippen LogP contribution in [0.2, 0.25) is 0 Å². The van der Waals surface area contributed by atoms with E-state index in [1.165, 1.54) is 20.8 Å². The minimum Gasteiger partial charge on any atom is -0.550 e. The molecule has 0 aliphatic rings. The largest absolute Gasteiger partial charge is 0.550 e. The number of aliphatic hydroxyl groups is 5. The van der Waals surface area contributed by atoms with Crippen molar-refractivity contribution in [2.45, 2.75) is 97.6 Å². The molecule has 66 heavy (non-hydrogen) atoms. The highest BCUT2D eigenvalue weighted by Gasteiger charge is 2.29. The molecule has 0 amide bonds. The molecule has 0 aromatic rings. The Morgan fingerprint density at radius 2 is 0.652 bits per heavy atom. The fourth-order valence-electron chi connectivity index (χ4n) is 3.11. The Balaban J connectivity index is -0.0000000995. The van der Waals surface area contributed by atoms with Crippen LogP contribution in [0, 0.1) is 0 Å². The van der Waals surface area contributed by atoms with Gasteiger partial charge in [-0.2, -0.15) is 0 Å². The maximum Gasteiger partial charge on any atom is 0.345 e. The van der Waals surface area contributed by atoms with Crippen LogP contribution >= 0.6 is 0 Å². The molecule has 0 bridgehead atoms. The summed E-state index contributed by atoms with van der Waals surface area (Å²) in [6.45, 7) is 11.8. The fraction of sp³-hybridized carbons (Fsp3) is 0.775. The Labute approximate surface area is 387 Å². The molecular weight excluding hydrogens is 890 g/mol. The summed E-state index contributed by atoms with van der Waals surface area (Å²) in [6.07, 6.45) is -4.78. The topological polar surface area (TPSA) is 412 Å². The molecule has 0 aliphatic carbocycles. The van der Waals surface area contributed by atoms with Crippen molar-refractivity contribution >= 4 is 53.7 Å². The van der Waals surface area contributed by atoms with Crippen LogP contribution in [0.1, 0.15) is 73.6 Å². The van der Waals surface area contributed by atoms with Crippen LogP contribution < -0.4 is 15.3 Å². The summed E-state index contributed by atoms with van der Waals surface area (Å²) in [7, 11) is 19.5. The van der Waals surface area contributed by atoms with Crippen molar-refractivity contribution in [2.75, 3.05) is 110 Å². The number of carboxylic acid groups (broad SMARTS) is 6. The number of aliphatic carboxylic acids is 6. The van der Waals surface area contributed by atoms with Gasteiger partial charge in [-0.3, -0.25) is 14.4 Å². The van der Waals surface area contributed by atoms with Crippen molar-refractivity contribution in [3.63, 3.8) is 0 Å². The van der Waals surface area contributed by atoms with Gasteiger partial charge in [0.05, 0.1) is 89.2 Å². The van der Waals surface area contributed by atoms with Gasteiger partial charge in [0.2, 0.25) is 0 Å². The Hall–Kier alpha value is -5.09. The first-order valence-corrected chi connectivity index (χ1v) is 19.9. The van der Waals surface area contributed by atoms with E-state index in [9.17, 15) is 58.5 Å². The molecule has 0 fully saturated rings. The molecule has 26 heteroatoms. The fourth-order valence-corrected chi connectivity index (χ4v) is 3.11. The van der Waals surface area contributed by atoms with E-state index in [1.807, 2.05) is 0 Å². The van der Waals surface area contributed by atoms with Crippen LogP contribution in [0.25, 0.3) is 0 Å². The average molecular weight is 972 g/mol. The molecule has 0 saturated heterocycles. The highest BCUT2D eigenvalue weighted by Crippen LogP contribution is 2.13. The number of ether oxygens (including phenoxy) is 3. The molecule has 0 saturated carbocycles. The number of esters is 3. The molecule has 3 unspecified atom stereocenters. The molecule has 8 N–H and O–H groups in total. The van der Waals surface area contributed by atoms with Gasteiger partial charge in [0.1, 0.15) is 25.2 Å². The molecule has 0 aliphatic heterocycles. The van der Waals surface area contributed by atoms with Crippen LogP contribution in [0.3, 0.4) is 0 Å². The molecule has 394 valence electrons. The van der Waals surface area contributed by atoms with Gasteiger partial charge >= 0.3 is 35.8 Å². The third-order valence-corrected chi connectivity index (χ3v) is 6.43. The number of rotatable bonds is 20. The van der Waals surface area contributed by atoms with Gasteiger partial charge in [-0.15, -0.1) is 0 Å². The van der Waals surface area contributed by atoms with Crippen LogP contribution in [0.5, 0.6) is 0 Å². The second-order valence-electron chi connectivity index (χ2n) is 16.2. The van der Waals surface area contributed by atoms with Crippen molar-refractivity contribution in [1.29, 1.82) is 0 Å². The van der Waals surface area contributed by atoms with Gasteiger partial charge in [-0.1, -0.05) is 20.8 Å². The second-order valence-corrected chi connectivity index (χ2v) is 16.2. The highest BCUT2D eigenvalue weighted by molar-refractivity contribution is 5.86. The average Bonchev–Trinajstić information content (AvgIpc) is 3.11. The number of carbonyl (C=O) groups excluding carboxylic acids is 6. The summed E-state index contributed by atoms with van der Waals surface area (Å²) >= 11 is 0. The minimum absolute atomic E-state index is 0.281. The Kier molecular flexibility index (Phi) is 51.8. The van der Waals surface area contributed by atoms with E-state index in [0.29, 0.717) is 19.3 Å². The second kappa shape index (κ2) is 43.8. The van der Waals surface area contributed by atoms with E-state index in [-0.39, 0.29) is 19.8 Å².